The number of para-hydroxylation sites is 1. The monoisotopic (exact) mass is 702 g/mol. The van der Waals surface area contributed by atoms with Gasteiger partial charge in [-0.25, -0.2) is 8.42 Å². The van der Waals surface area contributed by atoms with E-state index < -0.39 is 57.4 Å². The number of benzene rings is 3. The summed E-state index contributed by atoms with van der Waals surface area (Å²) in [5.41, 5.74) is 16.9. The van der Waals surface area contributed by atoms with Crippen molar-refractivity contribution in [1.82, 2.24) is 4.31 Å². The van der Waals surface area contributed by atoms with Crippen molar-refractivity contribution in [3.05, 3.63) is 108 Å². The van der Waals surface area contributed by atoms with Crippen molar-refractivity contribution < 1.29 is 32.7 Å². The van der Waals surface area contributed by atoms with E-state index in [4.69, 9.17) is 17.2 Å². The molecule has 1 aliphatic rings. The summed E-state index contributed by atoms with van der Waals surface area (Å²) in [6.45, 7) is 1.82. The van der Waals surface area contributed by atoms with Gasteiger partial charge in [-0.2, -0.15) is 4.31 Å². The molecule has 0 aromatic heterocycles. The highest BCUT2D eigenvalue weighted by Crippen LogP contribution is 2.34. The smallest absolute Gasteiger partial charge is 0.304 e. The molecule has 0 spiro atoms. The fourth-order valence-corrected chi connectivity index (χ4v) is 7.33. The summed E-state index contributed by atoms with van der Waals surface area (Å²) in [7, 11) is -3.08. The standard InChI is InChI=1S/C36H42N6O7S/c1-24-15-17-29(18-16-24)50(48,49)41(2)30(14-9-20-40-35(37)38)33(46)36(39,32(45)25-10-5-3-6-11-25)27-19-21-42(28-12-7-4-8-13-28)34(47)26(22-27)23-31(43)44/h3-8,10-13,15-18,22,26,30H,9,14,19-21,23,39H2,1-2H3,(H,43,44)(H4,37,38,40)/t26-,30-,36?/m0/s1. The first-order valence-electron chi connectivity index (χ1n) is 16.0. The molecule has 1 aliphatic heterocycles. The summed E-state index contributed by atoms with van der Waals surface area (Å²) in [6, 6.07) is 21.0. The Bertz CT molecular complexity index is 1880. The number of hydrogen-bond acceptors (Lipinski definition) is 8. The van der Waals surface area contributed by atoms with Crippen LogP contribution in [0.15, 0.2) is 106 Å². The van der Waals surface area contributed by atoms with Crippen LogP contribution < -0.4 is 22.1 Å². The average Bonchev–Trinajstić information content (AvgIpc) is 3.26. The molecule has 1 heterocycles. The van der Waals surface area contributed by atoms with Gasteiger partial charge in [0.2, 0.25) is 15.9 Å². The Morgan fingerprint density at radius 1 is 1.00 bits per heavy atom. The molecule has 0 fully saturated rings. The topological polar surface area (TPSA) is 220 Å². The van der Waals surface area contributed by atoms with Crippen LogP contribution in [-0.4, -0.2) is 79.0 Å². The second-order valence-corrected chi connectivity index (χ2v) is 14.1. The number of carboxylic acid groups (broad SMARTS) is 1. The normalized spacial score (nSPS) is 16.9. The number of amides is 1. The number of aliphatic carboxylic acids is 1. The zero-order valence-corrected chi connectivity index (χ0v) is 28.8. The molecule has 3 aromatic rings. The van der Waals surface area contributed by atoms with Crippen molar-refractivity contribution in [2.75, 3.05) is 25.0 Å². The highest BCUT2D eigenvalue weighted by atomic mass is 32.2. The van der Waals surface area contributed by atoms with Crippen LogP contribution in [0, 0.1) is 12.8 Å². The number of hydrogen-bond donors (Lipinski definition) is 4. The van der Waals surface area contributed by atoms with Gasteiger partial charge in [0.25, 0.3) is 0 Å². The second kappa shape index (κ2) is 16.0. The third-order valence-electron chi connectivity index (χ3n) is 8.71. The molecule has 1 unspecified atom stereocenters. The second-order valence-electron chi connectivity index (χ2n) is 12.1. The lowest BCUT2D eigenvalue weighted by Crippen LogP contribution is -2.63. The molecular weight excluding hydrogens is 660 g/mol. The molecule has 14 heteroatoms. The number of nitrogens with zero attached hydrogens (tertiary/aromatic N) is 3. The quantitative estimate of drug-likeness (QED) is 0.0453. The molecule has 4 rings (SSSR count). The van der Waals surface area contributed by atoms with Crippen LogP contribution in [0.25, 0.3) is 0 Å². The lowest BCUT2D eigenvalue weighted by molar-refractivity contribution is -0.139. The fourth-order valence-electron chi connectivity index (χ4n) is 5.98. The fraction of sp³-hybridized carbons (Fsp3) is 0.306. The Morgan fingerprint density at radius 2 is 1.60 bits per heavy atom. The number of ketones is 2. The van der Waals surface area contributed by atoms with Crippen LogP contribution in [0.3, 0.4) is 0 Å². The maximum atomic E-state index is 15.1. The van der Waals surface area contributed by atoms with Gasteiger partial charge in [-0.05, 0) is 56.0 Å². The van der Waals surface area contributed by atoms with Crippen LogP contribution in [-0.2, 0) is 24.4 Å². The van der Waals surface area contributed by atoms with Gasteiger partial charge < -0.3 is 27.2 Å². The minimum absolute atomic E-state index is 0.00439. The molecule has 0 aliphatic carbocycles. The number of Topliss-reactive ketones (excluding diaryl/α,β-unsaturated/α-hetero) is 2. The number of rotatable bonds is 15. The van der Waals surface area contributed by atoms with E-state index in [0.29, 0.717) is 5.69 Å². The maximum absolute atomic E-state index is 15.1. The number of aryl methyl sites for hydroxylation is 1. The highest BCUT2D eigenvalue weighted by Gasteiger charge is 2.51. The van der Waals surface area contributed by atoms with Crippen molar-refractivity contribution in [2.24, 2.45) is 28.1 Å². The van der Waals surface area contributed by atoms with Crippen molar-refractivity contribution in [3.8, 4) is 0 Å². The lowest BCUT2D eigenvalue weighted by Gasteiger charge is -2.36. The Hall–Kier alpha value is -5.18. The molecule has 0 bridgehead atoms. The molecule has 50 heavy (non-hydrogen) atoms. The number of carboxylic acids is 1. The number of anilines is 1. The minimum atomic E-state index is -4.32. The summed E-state index contributed by atoms with van der Waals surface area (Å²) < 4.78 is 28.9. The van der Waals surface area contributed by atoms with E-state index in [1.165, 1.54) is 42.3 Å². The van der Waals surface area contributed by atoms with Crippen molar-refractivity contribution in [2.45, 2.75) is 49.1 Å². The van der Waals surface area contributed by atoms with E-state index >= 15 is 4.79 Å². The molecule has 0 saturated carbocycles. The van der Waals surface area contributed by atoms with Gasteiger partial charge in [-0.3, -0.25) is 24.2 Å². The summed E-state index contributed by atoms with van der Waals surface area (Å²) in [5.74, 6) is -5.10. The number of aliphatic imine (C=N–C) groups is 1. The van der Waals surface area contributed by atoms with Crippen molar-refractivity contribution >= 4 is 45.1 Å². The zero-order chi connectivity index (χ0) is 36.6. The third-order valence-corrected chi connectivity index (χ3v) is 10.6. The average molecular weight is 703 g/mol. The Morgan fingerprint density at radius 3 is 2.18 bits per heavy atom. The van der Waals surface area contributed by atoms with Crippen LogP contribution in [0.2, 0.25) is 0 Å². The third kappa shape index (κ3) is 8.33. The summed E-state index contributed by atoms with van der Waals surface area (Å²) in [4.78, 5) is 60.7. The van der Waals surface area contributed by atoms with Crippen LogP contribution >= 0.6 is 0 Å². The van der Waals surface area contributed by atoms with E-state index in [2.05, 4.69) is 4.99 Å². The molecule has 1 amide bonds. The molecule has 0 saturated heterocycles. The van der Waals surface area contributed by atoms with E-state index in [-0.39, 0.29) is 54.3 Å². The predicted molar refractivity (Wildman–Crippen MR) is 190 cm³/mol. The largest absolute Gasteiger partial charge is 0.481 e. The minimum Gasteiger partial charge on any atom is -0.481 e. The van der Waals surface area contributed by atoms with Gasteiger partial charge in [0.05, 0.1) is 23.3 Å². The first kappa shape index (κ1) is 37.6. The van der Waals surface area contributed by atoms with E-state index in [1.54, 1.807) is 67.6 Å². The van der Waals surface area contributed by atoms with Gasteiger partial charge in [0, 0.05) is 31.4 Å². The molecule has 3 aromatic carbocycles. The highest BCUT2D eigenvalue weighted by molar-refractivity contribution is 7.89. The number of carbonyl (C=O) groups is 4. The molecule has 264 valence electrons. The first-order chi connectivity index (χ1) is 23.7. The Balaban J connectivity index is 1.89. The van der Waals surface area contributed by atoms with Crippen LogP contribution in [0.5, 0.6) is 0 Å². The van der Waals surface area contributed by atoms with Crippen LogP contribution in [0.4, 0.5) is 5.69 Å². The first-order valence-corrected chi connectivity index (χ1v) is 17.4. The number of guanidine groups is 1. The zero-order valence-electron chi connectivity index (χ0n) is 27.9. The van der Waals surface area contributed by atoms with Crippen molar-refractivity contribution in [3.63, 3.8) is 0 Å². The summed E-state index contributed by atoms with van der Waals surface area (Å²) in [6.07, 6.45) is 0.576. The van der Waals surface area contributed by atoms with Crippen LogP contribution in [0.1, 0.15) is 41.6 Å². The summed E-state index contributed by atoms with van der Waals surface area (Å²) >= 11 is 0. The summed E-state index contributed by atoms with van der Waals surface area (Å²) in [5, 5.41) is 9.79. The Kier molecular flexibility index (Phi) is 12.1. The van der Waals surface area contributed by atoms with Gasteiger partial charge in [0.1, 0.15) is 0 Å². The van der Waals surface area contributed by atoms with E-state index in [0.717, 1.165) is 9.87 Å². The van der Waals surface area contributed by atoms with E-state index in [9.17, 15) is 27.9 Å². The number of likely N-dealkylation sites (N-methyl/N-ethyl adjacent to an activating group) is 1. The van der Waals surface area contributed by atoms with Gasteiger partial charge >= 0.3 is 5.97 Å². The lowest BCUT2D eigenvalue weighted by atomic mass is 9.74. The van der Waals surface area contributed by atoms with E-state index in [1.807, 2.05) is 0 Å². The SMILES string of the molecule is Cc1ccc(S(=O)(=O)N(C)[C@@H](CCCN=C(N)N)C(=O)C(N)(C(=O)c2ccccc2)C2=C[C@@H](CC(=O)O)C(=O)N(c3ccccc3)CC2)cc1. The Labute approximate surface area is 291 Å². The molecule has 0 radical (unpaired) electrons. The molecule has 3 atom stereocenters. The maximum Gasteiger partial charge on any atom is 0.304 e. The molecular formula is C36H42N6O7S. The van der Waals surface area contributed by atoms with Gasteiger partial charge in [0.15, 0.2) is 23.1 Å². The van der Waals surface area contributed by atoms with Gasteiger partial charge in [-0.1, -0.05) is 72.3 Å². The number of carbonyl (C=O) groups excluding carboxylic acids is 3. The number of nitrogens with two attached hydrogens (primary N) is 3. The van der Waals surface area contributed by atoms with Gasteiger partial charge in [-0.15, -0.1) is 0 Å². The predicted octanol–water partition coefficient (Wildman–Crippen LogP) is 2.64. The molecule has 7 N–H and O–H groups in total. The molecule has 13 nitrogen and oxygen atoms in total. The number of sulfonamides is 1. The van der Waals surface area contributed by atoms with Crippen molar-refractivity contribution in [1.29, 1.82) is 0 Å².